The summed E-state index contributed by atoms with van der Waals surface area (Å²) in [6, 6.07) is 5.98. The van der Waals surface area contributed by atoms with E-state index in [1.165, 1.54) is 5.56 Å². The number of nitrogens with zero attached hydrogens (tertiary/aromatic N) is 4. The molecule has 0 bridgehead atoms. The summed E-state index contributed by atoms with van der Waals surface area (Å²) in [7, 11) is 2.02. The smallest absolute Gasteiger partial charge is 0.153 e. The van der Waals surface area contributed by atoms with E-state index in [0.29, 0.717) is 6.54 Å². The molecule has 6 nitrogen and oxygen atoms in total. The number of fused-ring (bicyclic) bond motifs is 1. The molecule has 0 atom stereocenters. The van der Waals surface area contributed by atoms with Crippen LogP contribution in [-0.4, -0.2) is 26.6 Å². The van der Waals surface area contributed by atoms with Gasteiger partial charge in [-0.05, 0) is 23.8 Å². The Hall–Kier alpha value is -2.34. The third-order valence-corrected chi connectivity index (χ3v) is 3.04. The van der Waals surface area contributed by atoms with Crippen molar-refractivity contribution in [3.63, 3.8) is 0 Å². The van der Waals surface area contributed by atoms with Crippen LogP contribution in [0.2, 0.25) is 0 Å². The lowest BCUT2D eigenvalue weighted by Gasteiger charge is -2.17. The van der Waals surface area contributed by atoms with Gasteiger partial charge in [0.2, 0.25) is 0 Å². The predicted octanol–water partition coefficient (Wildman–Crippen LogP) is 1.15. The first-order valence-electron chi connectivity index (χ1n) is 6.14. The highest BCUT2D eigenvalue weighted by atomic mass is 15.3. The van der Waals surface area contributed by atoms with Crippen LogP contribution in [0.3, 0.4) is 0 Å². The summed E-state index contributed by atoms with van der Waals surface area (Å²) in [6.45, 7) is 1.23. The van der Waals surface area contributed by atoms with Crippen molar-refractivity contribution in [2.75, 3.05) is 11.9 Å². The Morgan fingerprint density at radius 2 is 2.26 bits per heavy atom. The van der Waals surface area contributed by atoms with E-state index in [-0.39, 0.29) is 0 Å². The van der Waals surface area contributed by atoms with Gasteiger partial charge in [-0.2, -0.15) is 0 Å². The second kappa shape index (κ2) is 4.74. The van der Waals surface area contributed by atoms with Gasteiger partial charge in [0.25, 0.3) is 0 Å². The van der Waals surface area contributed by atoms with Crippen LogP contribution >= 0.6 is 0 Å². The molecule has 0 aliphatic rings. The van der Waals surface area contributed by atoms with E-state index in [1.54, 1.807) is 4.52 Å². The molecule has 0 spiro atoms. The lowest BCUT2D eigenvalue weighted by atomic mass is 10.3. The Morgan fingerprint density at radius 3 is 3.00 bits per heavy atom. The van der Waals surface area contributed by atoms with Crippen molar-refractivity contribution < 1.29 is 0 Å². The fourth-order valence-corrected chi connectivity index (χ4v) is 2.03. The van der Waals surface area contributed by atoms with E-state index < -0.39 is 0 Å². The minimum Gasteiger partial charge on any atom is -0.367 e. The summed E-state index contributed by atoms with van der Waals surface area (Å²) in [5.74, 6) is 0.898. The summed E-state index contributed by atoms with van der Waals surface area (Å²) in [5.41, 5.74) is 8.47. The van der Waals surface area contributed by atoms with Gasteiger partial charge in [0.15, 0.2) is 5.65 Å². The predicted molar refractivity (Wildman–Crippen MR) is 73.8 cm³/mol. The maximum absolute atomic E-state index is 5.58. The summed E-state index contributed by atoms with van der Waals surface area (Å²) in [5, 5.41) is 4.54. The van der Waals surface area contributed by atoms with Crippen LogP contribution in [0.25, 0.3) is 5.65 Å². The Kier molecular flexibility index (Phi) is 2.92. The summed E-state index contributed by atoms with van der Waals surface area (Å²) >= 11 is 0. The second-order valence-corrected chi connectivity index (χ2v) is 4.51. The summed E-state index contributed by atoms with van der Waals surface area (Å²) < 4.78 is 1.77. The van der Waals surface area contributed by atoms with Gasteiger partial charge in [-0.15, -0.1) is 5.10 Å². The number of anilines is 1. The van der Waals surface area contributed by atoms with Gasteiger partial charge in [0.05, 0.1) is 11.9 Å². The molecule has 0 saturated heterocycles. The number of aromatic nitrogens is 4. The van der Waals surface area contributed by atoms with Gasteiger partial charge < -0.3 is 15.6 Å². The van der Waals surface area contributed by atoms with E-state index in [2.05, 4.69) is 26.0 Å². The van der Waals surface area contributed by atoms with Crippen molar-refractivity contribution >= 4 is 11.5 Å². The van der Waals surface area contributed by atoms with Crippen molar-refractivity contribution in [2.45, 2.75) is 13.1 Å². The van der Waals surface area contributed by atoms with Gasteiger partial charge in [-0.1, -0.05) is 0 Å². The van der Waals surface area contributed by atoms with Gasteiger partial charge in [0, 0.05) is 32.5 Å². The molecule has 0 aliphatic carbocycles. The van der Waals surface area contributed by atoms with Crippen LogP contribution in [-0.2, 0) is 13.1 Å². The molecule has 0 amide bonds. The first-order valence-corrected chi connectivity index (χ1v) is 6.14. The number of nitrogens with one attached hydrogen (secondary N) is 1. The first-order chi connectivity index (χ1) is 9.26. The fourth-order valence-electron chi connectivity index (χ4n) is 2.03. The van der Waals surface area contributed by atoms with E-state index in [0.717, 1.165) is 23.7 Å². The number of hydrogen-bond acceptors (Lipinski definition) is 4. The first kappa shape index (κ1) is 11.7. The zero-order valence-electron chi connectivity index (χ0n) is 10.7. The van der Waals surface area contributed by atoms with Crippen LogP contribution in [0.4, 0.5) is 5.82 Å². The molecule has 0 radical (unpaired) electrons. The number of imidazole rings is 1. The molecule has 0 fully saturated rings. The zero-order chi connectivity index (χ0) is 13.2. The molecular weight excluding hydrogens is 240 g/mol. The number of hydrogen-bond donors (Lipinski definition) is 2. The van der Waals surface area contributed by atoms with Crippen molar-refractivity contribution in [3.8, 4) is 0 Å². The maximum atomic E-state index is 5.58. The monoisotopic (exact) mass is 256 g/mol. The second-order valence-electron chi connectivity index (χ2n) is 4.51. The highest BCUT2D eigenvalue weighted by molar-refractivity contribution is 5.46. The standard InChI is InChI=1S/C13H16N6/c1-18(8-10-4-5-15-7-10)13-3-2-12-16-11(6-14)9-19(12)17-13/h2-5,7,9,15H,6,8,14H2,1H3. The van der Waals surface area contributed by atoms with E-state index in [9.17, 15) is 0 Å². The van der Waals surface area contributed by atoms with Crippen molar-refractivity contribution in [1.29, 1.82) is 0 Å². The van der Waals surface area contributed by atoms with E-state index >= 15 is 0 Å². The third-order valence-electron chi connectivity index (χ3n) is 3.04. The van der Waals surface area contributed by atoms with Crippen LogP contribution in [0.5, 0.6) is 0 Å². The lowest BCUT2D eigenvalue weighted by molar-refractivity contribution is 0.840. The Labute approximate surface area is 110 Å². The minimum atomic E-state index is 0.428. The highest BCUT2D eigenvalue weighted by Crippen LogP contribution is 2.13. The normalized spacial score (nSPS) is 11.1. The maximum Gasteiger partial charge on any atom is 0.153 e. The number of rotatable bonds is 4. The van der Waals surface area contributed by atoms with Crippen molar-refractivity contribution in [3.05, 3.63) is 48.0 Å². The molecule has 0 aliphatic heterocycles. The van der Waals surface area contributed by atoms with Gasteiger partial charge in [-0.25, -0.2) is 9.50 Å². The van der Waals surface area contributed by atoms with E-state index in [1.807, 2.05) is 37.8 Å². The van der Waals surface area contributed by atoms with Crippen LogP contribution in [0.1, 0.15) is 11.3 Å². The van der Waals surface area contributed by atoms with Crippen molar-refractivity contribution in [2.24, 2.45) is 5.73 Å². The minimum absolute atomic E-state index is 0.428. The number of H-pyrrole nitrogens is 1. The van der Waals surface area contributed by atoms with Crippen LogP contribution < -0.4 is 10.6 Å². The topological polar surface area (TPSA) is 75.2 Å². The molecule has 3 N–H and O–H groups in total. The third kappa shape index (κ3) is 2.30. The molecule has 98 valence electrons. The Balaban J connectivity index is 1.87. The molecule has 3 heterocycles. The summed E-state index contributed by atoms with van der Waals surface area (Å²) in [6.07, 6.45) is 5.77. The lowest BCUT2D eigenvalue weighted by Crippen LogP contribution is -2.18. The van der Waals surface area contributed by atoms with Crippen LogP contribution in [0, 0.1) is 0 Å². The Morgan fingerprint density at radius 1 is 1.37 bits per heavy atom. The molecular formula is C13H16N6. The quantitative estimate of drug-likeness (QED) is 0.734. The fraction of sp³-hybridized carbons (Fsp3) is 0.231. The van der Waals surface area contributed by atoms with Gasteiger partial charge in [0.1, 0.15) is 5.82 Å². The highest BCUT2D eigenvalue weighted by Gasteiger charge is 2.07. The van der Waals surface area contributed by atoms with Gasteiger partial charge in [-0.3, -0.25) is 0 Å². The average Bonchev–Trinajstić information content (AvgIpc) is 3.05. The van der Waals surface area contributed by atoms with Crippen molar-refractivity contribution in [1.82, 2.24) is 19.6 Å². The van der Waals surface area contributed by atoms with Gasteiger partial charge >= 0.3 is 0 Å². The molecule has 0 unspecified atom stereocenters. The Bertz CT molecular complexity index is 670. The molecule has 3 aromatic rings. The van der Waals surface area contributed by atoms with E-state index in [4.69, 9.17) is 5.73 Å². The largest absolute Gasteiger partial charge is 0.367 e. The molecule has 0 saturated carbocycles. The summed E-state index contributed by atoms with van der Waals surface area (Å²) in [4.78, 5) is 9.50. The SMILES string of the molecule is CN(Cc1cc[nH]c1)c1ccc2nc(CN)cn2n1. The molecule has 3 aromatic heterocycles. The number of nitrogens with two attached hydrogens (primary N) is 1. The van der Waals surface area contributed by atoms with Crippen LogP contribution in [0.15, 0.2) is 36.8 Å². The molecule has 6 heteroatoms. The number of aromatic amines is 1. The molecule has 19 heavy (non-hydrogen) atoms. The molecule has 3 rings (SSSR count). The zero-order valence-corrected chi connectivity index (χ0v) is 10.7. The average molecular weight is 256 g/mol. The molecule has 0 aromatic carbocycles.